The molecule has 1 saturated heterocycles. The van der Waals surface area contributed by atoms with E-state index >= 15 is 0 Å². The zero-order valence-corrected chi connectivity index (χ0v) is 11.6. The zero-order chi connectivity index (χ0) is 13.7. The first-order valence-electron chi connectivity index (χ1n) is 6.80. The largest absolute Gasteiger partial charge is 0.357 e. The van der Waals surface area contributed by atoms with Crippen LogP contribution < -0.4 is 11.1 Å². The van der Waals surface area contributed by atoms with Crippen LogP contribution in [0.4, 0.5) is 0 Å². The number of piperidine rings is 1. The lowest BCUT2D eigenvalue weighted by molar-refractivity contribution is -0.143. The van der Waals surface area contributed by atoms with Gasteiger partial charge in [0, 0.05) is 13.6 Å². The van der Waals surface area contributed by atoms with Gasteiger partial charge in [0.2, 0.25) is 11.8 Å². The summed E-state index contributed by atoms with van der Waals surface area (Å²) in [7, 11) is 1.61. The van der Waals surface area contributed by atoms with E-state index in [1.54, 1.807) is 11.9 Å². The number of hydrogen-bond acceptors (Lipinski definition) is 3. The third kappa shape index (κ3) is 3.22. The lowest BCUT2D eigenvalue weighted by atomic mass is 9.95. The molecule has 0 spiro atoms. The van der Waals surface area contributed by atoms with Crippen molar-refractivity contribution in [2.24, 2.45) is 11.7 Å². The maximum atomic E-state index is 12.4. The Kier molecular flexibility index (Phi) is 5.59. The summed E-state index contributed by atoms with van der Waals surface area (Å²) < 4.78 is 0. The molecule has 1 aliphatic rings. The fourth-order valence-corrected chi connectivity index (χ4v) is 2.32. The van der Waals surface area contributed by atoms with Gasteiger partial charge < -0.3 is 16.0 Å². The molecule has 1 aliphatic heterocycles. The number of rotatable bonds is 4. The van der Waals surface area contributed by atoms with Gasteiger partial charge in [-0.3, -0.25) is 9.59 Å². The van der Waals surface area contributed by atoms with Crippen LogP contribution in [0.2, 0.25) is 0 Å². The molecule has 1 rings (SSSR count). The van der Waals surface area contributed by atoms with Crippen molar-refractivity contribution < 1.29 is 9.59 Å². The Hall–Kier alpha value is -1.10. The number of amides is 2. The molecule has 0 aliphatic carbocycles. The quantitative estimate of drug-likeness (QED) is 0.767. The monoisotopic (exact) mass is 255 g/mol. The number of nitrogens with zero attached hydrogens (tertiary/aromatic N) is 1. The van der Waals surface area contributed by atoms with Crippen LogP contribution in [-0.2, 0) is 9.59 Å². The van der Waals surface area contributed by atoms with Crippen LogP contribution in [0.3, 0.4) is 0 Å². The smallest absolute Gasteiger partial charge is 0.242 e. The minimum atomic E-state index is -0.500. The van der Waals surface area contributed by atoms with Gasteiger partial charge in [-0.15, -0.1) is 0 Å². The molecule has 1 heterocycles. The first-order valence-corrected chi connectivity index (χ1v) is 6.80. The number of carbonyl (C=O) groups excluding carboxylic acids is 2. The summed E-state index contributed by atoms with van der Waals surface area (Å²) in [6, 6.07) is -0.841. The van der Waals surface area contributed by atoms with Gasteiger partial charge in [-0.25, -0.2) is 0 Å². The molecule has 0 aromatic rings. The molecule has 104 valence electrons. The fraction of sp³-hybridized carbons (Fsp3) is 0.846. The third-order valence-electron chi connectivity index (χ3n) is 3.88. The minimum Gasteiger partial charge on any atom is -0.357 e. The summed E-state index contributed by atoms with van der Waals surface area (Å²) in [6.07, 6.45) is 3.54. The van der Waals surface area contributed by atoms with Crippen molar-refractivity contribution in [1.29, 1.82) is 0 Å². The van der Waals surface area contributed by atoms with Crippen LogP contribution in [0.15, 0.2) is 0 Å². The van der Waals surface area contributed by atoms with Gasteiger partial charge in [0.15, 0.2) is 0 Å². The highest BCUT2D eigenvalue weighted by atomic mass is 16.2. The molecule has 18 heavy (non-hydrogen) atoms. The molecular weight excluding hydrogens is 230 g/mol. The second-order valence-electron chi connectivity index (χ2n) is 5.07. The lowest BCUT2D eigenvalue weighted by Crippen LogP contribution is -2.56. The summed E-state index contributed by atoms with van der Waals surface area (Å²) in [5.41, 5.74) is 5.98. The molecule has 5 nitrogen and oxygen atoms in total. The van der Waals surface area contributed by atoms with Crippen LogP contribution in [0.5, 0.6) is 0 Å². The highest BCUT2D eigenvalue weighted by molar-refractivity contribution is 5.89. The first-order chi connectivity index (χ1) is 8.52. The van der Waals surface area contributed by atoms with Gasteiger partial charge >= 0.3 is 0 Å². The Morgan fingerprint density at radius 1 is 1.44 bits per heavy atom. The normalized spacial score (nSPS) is 23.3. The van der Waals surface area contributed by atoms with Crippen molar-refractivity contribution in [2.75, 3.05) is 13.6 Å². The van der Waals surface area contributed by atoms with Crippen molar-refractivity contribution in [3.05, 3.63) is 0 Å². The molecular formula is C13H25N3O2. The maximum absolute atomic E-state index is 12.4. The summed E-state index contributed by atoms with van der Waals surface area (Å²) in [6.45, 7) is 4.63. The number of likely N-dealkylation sites (N-methyl/N-ethyl adjacent to an activating group) is 1. The first kappa shape index (κ1) is 15.0. The van der Waals surface area contributed by atoms with Gasteiger partial charge in [-0.2, -0.15) is 0 Å². The number of nitrogens with two attached hydrogens (primary N) is 1. The maximum Gasteiger partial charge on any atom is 0.242 e. The van der Waals surface area contributed by atoms with Crippen molar-refractivity contribution in [3.8, 4) is 0 Å². The second-order valence-corrected chi connectivity index (χ2v) is 5.07. The molecule has 0 aromatic heterocycles. The van der Waals surface area contributed by atoms with Crippen LogP contribution in [-0.4, -0.2) is 42.4 Å². The molecule has 0 saturated carbocycles. The third-order valence-corrected chi connectivity index (χ3v) is 3.88. The van der Waals surface area contributed by atoms with Crippen molar-refractivity contribution in [3.63, 3.8) is 0 Å². The summed E-state index contributed by atoms with van der Waals surface area (Å²) >= 11 is 0. The Labute approximate surface area is 109 Å². The summed E-state index contributed by atoms with van der Waals surface area (Å²) in [4.78, 5) is 25.8. The number of carbonyl (C=O) groups is 2. The van der Waals surface area contributed by atoms with Gasteiger partial charge in [0.1, 0.15) is 6.04 Å². The van der Waals surface area contributed by atoms with E-state index in [1.165, 1.54) is 0 Å². The van der Waals surface area contributed by atoms with Crippen LogP contribution >= 0.6 is 0 Å². The second kappa shape index (κ2) is 6.73. The average molecular weight is 255 g/mol. The molecule has 2 amide bonds. The Balaban J connectivity index is 2.77. The molecule has 0 radical (unpaired) electrons. The number of nitrogens with one attached hydrogen (secondary N) is 1. The standard InChI is InChI=1S/C13H25N3O2/c1-4-9(2)11(14)13(18)16-8-6-5-7-10(16)12(17)15-3/h9-11H,4-8,14H2,1-3H3,(H,15,17)/t9-,10?,11-/m0/s1. The van der Waals surface area contributed by atoms with E-state index in [9.17, 15) is 9.59 Å². The van der Waals surface area contributed by atoms with E-state index < -0.39 is 6.04 Å². The Morgan fingerprint density at radius 3 is 2.67 bits per heavy atom. The predicted molar refractivity (Wildman–Crippen MR) is 70.8 cm³/mol. The Bertz CT molecular complexity index is 307. The van der Waals surface area contributed by atoms with E-state index in [1.807, 2.05) is 13.8 Å². The van der Waals surface area contributed by atoms with E-state index in [0.29, 0.717) is 6.54 Å². The van der Waals surface area contributed by atoms with Crippen LogP contribution in [0.25, 0.3) is 0 Å². The lowest BCUT2D eigenvalue weighted by Gasteiger charge is -2.36. The zero-order valence-electron chi connectivity index (χ0n) is 11.6. The minimum absolute atomic E-state index is 0.0839. The molecule has 1 unspecified atom stereocenters. The molecule has 1 fully saturated rings. The van der Waals surface area contributed by atoms with E-state index in [4.69, 9.17) is 5.73 Å². The van der Waals surface area contributed by atoms with Gasteiger partial charge in [0.25, 0.3) is 0 Å². The van der Waals surface area contributed by atoms with Crippen LogP contribution in [0.1, 0.15) is 39.5 Å². The highest BCUT2D eigenvalue weighted by Gasteiger charge is 2.34. The van der Waals surface area contributed by atoms with Gasteiger partial charge in [0.05, 0.1) is 6.04 Å². The average Bonchev–Trinajstić information content (AvgIpc) is 2.43. The van der Waals surface area contributed by atoms with E-state index in [2.05, 4.69) is 5.32 Å². The molecule has 3 N–H and O–H groups in total. The molecule has 5 heteroatoms. The van der Waals surface area contributed by atoms with E-state index in [-0.39, 0.29) is 23.8 Å². The van der Waals surface area contributed by atoms with Gasteiger partial charge in [-0.05, 0) is 25.2 Å². The van der Waals surface area contributed by atoms with Crippen LogP contribution in [0, 0.1) is 5.92 Å². The topological polar surface area (TPSA) is 75.4 Å². The number of likely N-dealkylation sites (tertiary alicyclic amines) is 1. The molecule has 3 atom stereocenters. The predicted octanol–water partition coefficient (Wildman–Crippen LogP) is 0.487. The van der Waals surface area contributed by atoms with Crippen molar-refractivity contribution >= 4 is 11.8 Å². The van der Waals surface area contributed by atoms with Crippen molar-refractivity contribution in [2.45, 2.75) is 51.6 Å². The summed E-state index contributed by atoms with van der Waals surface area (Å²) in [5, 5.41) is 2.63. The molecule has 0 bridgehead atoms. The van der Waals surface area contributed by atoms with E-state index in [0.717, 1.165) is 25.7 Å². The highest BCUT2D eigenvalue weighted by Crippen LogP contribution is 2.20. The fourth-order valence-electron chi connectivity index (χ4n) is 2.32. The van der Waals surface area contributed by atoms with Crippen molar-refractivity contribution in [1.82, 2.24) is 10.2 Å². The number of hydrogen-bond donors (Lipinski definition) is 2. The Morgan fingerprint density at radius 2 is 2.11 bits per heavy atom. The van der Waals surface area contributed by atoms with Gasteiger partial charge in [-0.1, -0.05) is 20.3 Å². The molecule has 0 aromatic carbocycles. The SMILES string of the molecule is CC[C@H](C)[C@H](N)C(=O)N1CCCCC1C(=O)NC. The summed E-state index contributed by atoms with van der Waals surface area (Å²) in [5.74, 6) is -0.0261.